The zero-order valence-electron chi connectivity index (χ0n) is 13.5. The summed E-state index contributed by atoms with van der Waals surface area (Å²) in [7, 11) is 0. The van der Waals surface area contributed by atoms with Gasteiger partial charge in [-0.25, -0.2) is 5.43 Å². The normalized spacial score (nSPS) is 11.7. The molecular weight excluding hydrogens is 292 g/mol. The fourth-order valence-corrected chi connectivity index (χ4v) is 2.56. The first-order valence-electron chi connectivity index (χ1n) is 7.47. The number of nitrogens with zero attached hydrogens (tertiary/aromatic N) is 1. The van der Waals surface area contributed by atoms with E-state index in [1.165, 1.54) is 6.07 Å². The summed E-state index contributed by atoms with van der Waals surface area (Å²) in [6.07, 6.45) is 1.34. The average molecular weight is 312 g/mol. The van der Waals surface area contributed by atoms with Crippen molar-refractivity contribution in [2.45, 2.75) is 27.2 Å². The number of phenols is 1. The molecule has 120 valence electrons. The number of hydrogen-bond donors (Lipinski definition) is 2. The van der Waals surface area contributed by atoms with Gasteiger partial charge in [-0.05, 0) is 36.1 Å². The van der Waals surface area contributed by atoms with E-state index in [1.807, 2.05) is 6.92 Å². The Hall–Kier alpha value is -2.69. The van der Waals surface area contributed by atoms with Crippen LogP contribution >= 0.6 is 0 Å². The van der Waals surface area contributed by atoms with E-state index in [0.29, 0.717) is 23.0 Å². The molecule has 0 bridgehead atoms. The molecule has 0 spiro atoms. The van der Waals surface area contributed by atoms with Crippen LogP contribution < -0.4 is 5.43 Å². The zero-order chi connectivity index (χ0) is 17.0. The third-order valence-corrected chi connectivity index (χ3v) is 3.47. The number of rotatable bonds is 5. The molecular formula is C18H20N2O3. The van der Waals surface area contributed by atoms with Gasteiger partial charge in [0.05, 0.1) is 5.56 Å². The van der Waals surface area contributed by atoms with Crippen LogP contribution in [0.25, 0.3) is 10.8 Å². The van der Waals surface area contributed by atoms with Crippen molar-refractivity contribution >= 4 is 28.7 Å². The molecule has 0 aromatic heterocycles. The Morgan fingerprint density at radius 3 is 2.70 bits per heavy atom. The van der Waals surface area contributed by atoms with Gasteiger partial charge in [-0.1, -0.05) is 38.1 Å². The minimum atomic E-state index is -0.599. The minimum absolute atomic E-state index is 0.0557. The molecule has 0 aliphatic carbocycles. The smallest absolute Gasteiger partial charge is 0.275 e. The number of aldehydes is 1. The summed E-state index contributed by atoms with van der Waals surface area (Å²) in [5, 5.41) is 15.5. The summed E-state index contributed by atoms with van der Waals surface area (Å²) in [5.74, 6) is -0.409. The number of fused-ring (bicyclic) bond motifs is 1. The fraction of sp³-hybridized carbons (Fsp3) is 0.278. The highest BCUT2D eigenvalue weighted by Crippen LogP contribution is 2.29. The van der Waals surface area contributed by atoms with Crippen molar-refractivity contribution in [2.24, 2.45) is 11.0 Å². The summed E-state index contributed by atoms with van der Waals surface area (Å²) < 4.78 is 0. The highest BCUT2D eigenvalue weighted by atomic mass is 16.3. The first-order valence-corrected chi connectivity index (χ1v) is 7.47. The second-order valence-corrected chi connectivity index (χ2v) is 5.91. The molecule has 5 nitrogen and oxygen atoms in total. The molecule has 1 amide bonds. The van der Waals surface area contributed by atoms with Crippen LogP contribution in [0.2, 0.25) is 0 Å². The Labute approximate surface area is 135 Å². The van der Waals surface area contributed by atoms with E-state index in [9.17, 15) is 14.7 Å². The molecule has 0 atom stereocenters. The van der Waals surface area contributed by atoms with Crippen molar-refractivity contribution in [1.29, 1.82) is 0 Å². The predicted octanol–water partition coefficient (Wildman–Crippen LogP) is 3.51. The van der Waals surface area contributed by atoms with E-state index in [1.54, 1.807) is 24.3 Å². The van der Waals surface area contributed by atoms with Crippen LogP contribution in [0.15, 0.2) is 35.4 Å². The standard InChI is InChI=1S/C18H20N2O3/c1-11(2)8-12(3)19-20-18(23)17-15(10-21)14-7-5-4-6-13(14)9-16(17)22/h4-7,9-11,22H,8H2,1-3H3,(H,20,23). The Morgan fingerprint density at radius 1 is 1.35 bits per heavy atom. The topological polar surface area (TPSA) is 78.8 Å². The number of benzene rings is 2. The van der Waals surface area contributed by atoms with Crippen LogP contribution in [-0.2, 0) is 0 Å². The number of hydrazone groups is 1. The number of amides is 1. The summed E-state index contributed by atoms with van der Waals surface area (Å²) in [6.45, 7) is 5.93. The Balaban J connectivity index is 2.40. The first-order chi connectivity index (χ1) is 10.9. The Kier molecular flexibility index (Phi) is 5.11. The highest BCUT2D eigenvalue weighted by Gasteiger charge is 2.19. The van der Waals surface area contributed by atoms with Gasteiger partial charge in [0.15, 0.2) is 6.29 Å². The molecule has 2 aromatic carbocycles. The van der Waals surface area contributed by atoms with Gasteiger partial charge >= 0.3 is 0 Å². The number of aromatic hydroxyl groups is 1. The van der Waals surface area contributed by atoms with Crippen molar-refractivity contribution < 1.29 is 14.7 Å². The van der Waals surface area contributed by atoms with Crippen molar-refractivity contribution in [3.63, 3.8) is 0 Å². The Morgan fingerprint density at radius 2 is 2.04 bits per heavy atom. The molecule has 2 N–H and O–H groups in total. The van der Waals surface area contributed by atoms with Crippen LogP contribution in [-0.4, -0.2) is 23.0 Å². The lowest BCUT2D eigenvalue weighted by Gasteiger charge is -2.10. The molecule has 0 radical (unpaired) electrons. The molecule has 0 aliphatic rings. The molecule has 0 heterocycles. The number of nitrogens with one attached hydrogen (secondary N) is 1. The van der Waals surface area contributed by atoms with Gasteiger partial charge in [-0.3, -0.25) is 9.59 Å². The van der Waals surface area contributed by atoms with E-state index in [0.717, 1.165) is 12.1 Å². The fourth-order valence-electron chi connectivity index (χ4n) is 2.56. The first kappa shape index (κ1) is 16.7. The lowest BCUT2D eigenvalue weighted by Crippen LogP contribution is -2.21. The Bertz CT molecular complexity index is 779. The van der Waals surface area contributed by atoms with Gasteiger partial charge in [-0.2, -0.15) is 5.10 Å². The molecule has 0 aliphatic heterocycles. The van der Waals surface area contributed by atoms with Gasteiger partial charge in [-0.15, -0.1) is 0 Å². The lowest BCUT2D eigenvalue weighted by atomic mass is 9.98. The quantitative estimate of drug-likeness (QED) is 0.504. The van der Waals surface area contributed by atoms with E-state index < -0.39 is 5.91 Å². The maximum atomic E-state index is 12.3. The van der Waals surface area contributed by atoms with Crippen molar-refractivity contribution in [1.82, 2.24) is 5.43 Å². The number of phenolic OH excluding ortho intramolecular Hbond substituents is 1. The minimum Gasteiger partial charge on any atom is -0.507 e. The molecule has 0 saturated carbocycles. The summed E-state index contributed by atoms with van der Waals surface area (Å²) in [4.78, 5) is 23.8. The van der Waals surface area contributed by atoms with E-state index in [-0.39, 0.29) is 16.9 Å². The number of hydrogen-bond acceptors (Lipinski definition) is 4. The molecule has 5 heteroatoms. The van der Waals surface area contributed by atoms with Crippen LogP contribution in [0.1, 0.15) is 47.9 Å². The van der Waals surface area contributed by atoms with E-state index in [2.05, 4.69) is 24.4 Å². The van der Waals surface area contributed by atoms with Gasteiger partial charge in [0.25, 0.3) is 5.91 Å². The van der Waals surface area contributed by atoms with E-state index >= 15 is 0 Å². The second-order valence-electron chi connectivity index (χ2n) is 5.91. The third kappa shape index (κ3) is 3.74. The predicted molar refractivity (Wildman–Crippen MR) is 91.0 cm³/mol. The van der Waals surface area contributed by atoms with Gasteiger partial charge in [0.2, 0.25) is 0 Å². The third-order valence-electron chi connectivity index (χ3n) is 3.47. The zero-order valence-corrected chi connectivity index (χ0v) is 13.5. The molecule has 2 rings (SSSR count). The molecule has 0 fully saturated rings. The van der Waals surface area contributed by atoms with Gasteiger partial charge < -0.3 is 5.11 Å². The molecule has 23 heavy (non-hydrogen) atoms. The summed E-state index contributed by atoms with van der Waals surface area (Å²) in [6, 6.07) is 8.56. The maximum Gasteiger partial charge on any atom is 0.275 e. The average Bonchev–Trinajstić information content (AvgIpc) is 2.50. The van der Waals surface area contributed by atoms with Crippen LogP contribution in [0.3, 0.4) is 0 Å². The monoisotopic (exact) mass is 312 g/mol. The van der Waals surface area contributed by atoms with Crippen molar-refractivity contribution in [3.8, 4) is 5.75 Å². The lowest BCUT2D eigenvalue weighted by molar-refractivity contribution is 0.0946. The van der Waals surface area contributed by atoms with Crippen LogP contribution in [0.4, 0.5) is 0 Å². The van der Waals surface area contributed by atoms with E-state index in [4.69, 9.17) is 0 Å². The van der Waals surface area contributed by atoms with Crippen LogP contribution in [0.5, 0.6) is 5.75 Å². The number of carbonyl (C=O) groups excluding carboxylic acids is 2. The van der Waals surface area contributed by atoms with Crippen molar-refractivity contribution in [3.05, 3.63) is 41.5 Å². The van der Waals surface area contributed by atoms with Crippen LogP contribution in [0, 0.1) is 5.92 Å². The van der Waals surface area contributed by atoms with Crippen molar-refractivity contribution in [2.75, 3.05) is 0 Å². The van der Waals surface area contributed by atoms with Gasteiger partial charge in [0.1, 0.15) is 5.75 Å². The largest absolute Gasteiger partial charge is 0.507 e. The summed E-state index contributed by atoms with van der Waals surface area (Å²) in [5.41, 5.74) is 3.30. The SMILES string of the molecule is CC(CC(C)C)=NNC(=O)c1c(O)cc2ccccc2c1C=O. The highest BCUT2D eigenvalue weighted by molar-refractivity contribution is 6.12. The number of carbonyl (C=O) groups is 2. The van der Waals surface area contributed by atoms with Gasteiger partial charge in [0, 0.05) is 11.3 Å². The summed E-state index contributed by atoms with van der Waals surface area (Å²) >= 11 is 0. The second kappa shape index (κ2) is 7.05. The maximum absolute atomic E-state index is 12.3. The molecule has 2 aromatic rings. The molecule has 0 unspecified atom stereocenters. The molecule has 0 saturated heterocycles.